The van der Waals surface area contributed by atoms with Crippen molar-refractivity contribution in [3.05, 3.63) is 48.4 Å². The van der Waals surface area contributed by atoms with Crippen molar-refractivity contribution < 1.29 is 21.6 Å². The fraction of sp³-hybridized carbons (Fsp3) is 0.316. The van der Waals surface area contributed by atoms with Gasteiger partial charge >= 0.3 is 6.18 Å². The van der Waals surface area contributed by atoms with Crippen LogP contribution in [0.1, 0.15) is 18.9 Å². The van der Waals surface area contributed by atoms with Crippen molar-refractivity contribution >= 4 is 26.7 Å². The van der Waals surface area contributed by atoms with Gasteiger partial charge in [0.15, 0.2) is 15.7 Å². The van der Waals surface area contributed by atoms with Gasteiger partial charge in [-0.1, -0.05) is 12.1 Å². The highest BCUT2D eigenvalue weighted by Crippen LogP contribution is 2.34. The van der Waals surface area contributed by atoms with E-state index < -0.39 is 26.8 Å². The maximum absolute atomic E-state index is 12.8. The van der Waals surface area contributed by atoms with E-state index in [1.807, 2.05) is 0 Å². The molecular formula is C19H17F3N4O2S. The first kappa shape index (κ1) is 19.6. The summed E-state index contributed by atoms with van der Waals surface area (Å²) in [6.45, 7) is 1.66. The number of benzene rings is 1. The Morgan fingerprint density at radius 3 is 2.28 bits per heavy atom. The molecule has 0 spiro atoms. The van der Waals surface area contributed by atoms with Crippen LogP contribution in [0.2, 0.25) is 0 Å². The molecule has 1 aromatic carbocycles. The van der Waals surface area contributed by atoms with E-state index in [1.165, 1.54) is 30.7 Å². The van der Waals surface area contributed by atoms with Crippen LogP contribution in [0.15, 0.2) is 42.9 Å². The summed E-state index contributed by atoms with van der Waals surface area (Å²) in [5.74, 6) is 0.511. The van der Waals surface area contributed by atoms with Crippen molar-refractivity contribution in [2.45, 2.75) is 30.8 Å². The van der Waals surface area contributed by atoms with Crippen molar-refractivity contribution in [2.24, 2.45) is 0 Å². The molecule has 29 heavy (non-hydrogen) atoms. The van der Waals surface area contributed by atoms with Gasteiger partial charge in [-0.2, -0.15) is 13.2 Å². The van der Waals surface area contributed by atoms with E-state index in [9.17, 15) is 21.6 Å². The number of halogens is 3. The van der Waals surface area contributed by atoms with E-state index in [2.05, 4.69) is 20.3 Å². The monoisotopic (exact) mass is 422 g/mol. The minimum Gasteiger partial charge on any atom is -0.364 e. The van der Waals surface area contributed by atoms with E-state index >= 15 is 0 Å². The molecule has 4 rings (SSSR count). The number of anilines is 1. The molecule has 3 heterocycles. The molecule has 1 saturated heterocycles. The Bertz CT molecular complexity index is 1160. The first-order valence-corrected chi connectivity index (χ1v) is 10.6. The first-order valence-electron chi connectivity index (χ1n) is 8.92. The van der Waals surface area contributed by atoms with Gasteiger partial charge in [-0.3, -0.25) is 4.98 Å². The number of hydrogen-bond acceptors (Lipinski definition) is 6. The lowest BCUT2D eigenvalue weighted by atomic mass is 10.0. The Hall–Kier alpha value is -2.75. The van der Waals surface area contributed by atoms with Crippen LogP contribution in [0.3, 0.4) is 0 Å². The summed E-state index contributed by atoms with van der Waals surface area (Å²) in [7, 11) is -3.13. The number of fused-ring (bicyclic) bond motifs is 1. The molecule has 3 aromatic rings. The lowest BCUT2D eigenvalue weighted by molar-refractivity contribution is -0.137. The molecule has 2 aromatic heterocycles. The van der Waals surface area contributed by atoms with Crippen molar-refractivity contribution in [1.29, 1.82) is 0 Å². The van der Waals surface area contributed by atoms with Crippen LogP contribution in [0.4, 0.5) is 19.0 Å². The highest BCUT2D eigenvalue weighted by Gasteiger charge is 2.37. The lowest BCUT2D eigenvalue weighted by Crippen LogP contribution is -2.30. The molecule has 6 nitrogen and oxygen atoms in total. The summed E-state index contributed by atoms with van der Waals surface area (Å²) in [6.07, 6.45) is 0.539. The molecule has 1 aliphatic heterocycles. The fourth-order valence-corrected chi connectivity index (χ4v) is 5.10. The number of rotatable bonds is 3. The van der Waals surface area contributed by atoms with Crippen LogP contribution in [-0.2, 0) is 16.0 Å². The van der Waals surface area contributed by atoms with Crippen molar-refractivity contribution in [3.8, 4) is 11.1 Å². The number of nitrogens with one attached hydrogen (secondary N) is 1. The molecule has 1 N–H and O–H groups in total. The molecule has 1 aliphatic rings. The molecule has 0 bridgehead atoms. The Balaban J connectivity index is 1.73. The summed E-state index contributed by atoms with van der Waals surface area (Å²) in [5.41, 5.74) is 1.23. The Morgan fingerprint density at radius 2 is 1.69 bits per heavy atom. The number of nitrogens with zero attached hydrogens (tertiary/aromatic N) is 3. The third-order valence-electron chi connectivity index (χ3n) is 5.19. The number of aromatic nitrogens is 3. The maximum atomic E-state index is 12.8. The summed E-state index contributed by atoms with van der Waals surface area (Å²) in [6, 6.07) is 4.46. The van der Waals surface area contributed by atoms with Gasteiger partial charge in [0.2, 0.25) is 0 Å². The summed E-state index contributed by atoms with van der Waals surface area (Å²) >= 11 is 0. The standard InChI is InChI=1S/C19H17F3N4O2S/c1-11-15(6-9-29(11,27)28)26-18-17-16(23-7-8-24-17)14(10-25-18)12-2-4-13(5-3-12)19(20,21)22/h2-5,7-8,10-11,15H,6,9H2,1H3,(H,25,26). The van der Waals surface area contributed by atoms with Crippen LogP contribution in [0.5, 0.6) is 0 Å². The molecule has 0 aliphatic carbocycles. The molecular weight excluding hydrogens is 405 g/mol. The van der Waals surface area contributed by atoms with Gasteiger partial charge in [0, 0.05) is 30.2 Å². The van der Waals surface area contributed by atoms with E-state index in [0.29, 0.717) is 34.4 Å². The normalized spacial score (nSPS) is 21.4. The fourth-order valence-electron chi connectivity index (χ4n) is 3.44. The van der Waals surface area contributed by atoms with Crippen molar-refractivity contribution in [3.63, 3.8) is 0 Å². The molecule has 1 fully saturated rings. The van der Waals surface area contributed by atoms with E-state index in [1.54, 1.807) is 6.92 Å². The predicted molar refractivity (Wildman–Crippen MR) is 103 cm³/mol. The Labute approximate surface area is 165 Å². The first-order chi connectivity index (χ1) is 13.7. The molecule has 2 atom stereocenters. The van der Waals surface area contributed by atoms with Gasteiger partial charge in [-0.15, -0.1) is 0 Å². The van der Waals surface area contributed by atoms with Crippen LogP contribution in [0.25, 0.3) is 22.2 Å². The van der Waals surface area contributed by atoms with Gasteiger partial charge in [-0.05, 0) is 31.0 Å². The number of hydrogen-bond donors (Lipinski definition) is 1. The van der Waals surface area contributed by atoms with E-state index in [0.717, 1.165) is 12.1 Å². The van der Waals surface area contributed by atoms with Gasteiger partial charge < -0.3 is 5.32 Å². The van der Waals surface area contributed by atoms with Gasteiger partial charge in [-0.25, -0.2) is 18.4 Å². The zero-order chi connectivity index (χ0) is 20.8. The third-order valence-corrected chi connectivity index (χ3v) is 7.46. The number of alkyl halides is 3. The predicted octanol–water partition coefficient (Wildman–Crippen LogP) is 3.70. The summed E-state index contributed by atoms with van der Waals surface area (Å²) in [5, 5.41) is 2.61. The molecule has 0 saturated carbocycles. The quantitative estimate of drug-likeness (QED) is 0.693. The van der Waals surface area contributed by atoms with Gasteiger partial charge in [0.05, 0.1) is 16.6 Å². The second-order valence-corrected chi connectivity index (χ2v) is 9.44. The lowest BCUT2D eigenvalue weighted by Gasteiger charge is -2.18. The van der Waals surface area contributed by atoms with E-state index in [4.69, 9.17) is 0 Å². The minimum atomic E-state index is -4.41. The second-order valence-electron chi connectivity index (χ2n) is 6.96. The molecule has 152 valence electrons. The smallest absolute Gasteiger partial charge is 0.364 e. The zero-order valence-corrected chi connectivity index (χ0v) is 16.1. The van der Waals surface area contributed by atoms with Crippen LogP contribution in [0, 0.1) is 0 Å². The SMILES string of the molecule is CC1C(Nc2ncc(-c3ccc(C(F)(F)F)cc3)c3nccnc23)CCS1(=O)=O. The van der Waals surface area contributed by atoms with Crippen molar-refractivity contribution in [2.75, 3.05) is 11.1 Å². The summed E-state index contributed by atoms with van der Waals surface area (Å²) in [4.78, 5) is 13.0. The maximum Gasteiger partial charge on any atom is 0.416 e. The summed E-state index contributed by atoms with van der Waals surface area (Å²) < 4.78 is 62.5. The van der Waals surface area contributed by atoms with Crippen LogP contribution >= 0.6 is 0 Å². The minimum absolute atomic E-state index is 0.110. The molecule has 10 heteroatoms. The van der Waals surface area contributed by atoms with Gasteiger partial charge in [0.1, 0.15) is 11.0 Å². The topological polar surface area (TPSA) is 84.8 Å². The average molecular weight is 422 g/mol. The third kappa shape index (κ3) is 3.64. The van der Waals surface area contributed by atoms with Crippen LogP contribution < -0.4 is 5.32 Å². The van der Waals surface area contributed by atoms with Gasteiger partial charge in [0.25, 0.3) is 0 Å². The average Bonchev–Trinajstić information content (AvgIpc) is 2.94. The highest BCUT2D eigenvalue weighted by molar-refractivity contribution is 7.92. The largest absolute Gasteiger partial charge is 0.416 e. The van der Waals surface area contributed by atoms with Crippen LogP contribution in [-0.4, -0.2) is 40.4 Å². The van der Waals surface area contributed by atoms with Crippen molar-refractivity contribution in [1.82, 2.24) is 15.0 Å². The second kappa shape index (κ2) is 6.94. The number of pyridine rings is 1. The zero-order valence-electron chi connectivity index (χ0n) is 15.3. The molecule has 0 radical (unpaired) electrons. The molecule has 0 amide bonds. The number of sulfone groups is 1. The molecule has 2 unspecified atom stereocenters. The Morgan fingerprint density at radius 1 is 1.03 bits per heavy atom. The van der Waals surface area contributed by atoms with E-state index in [-0.39, 0.29) is 11.8 Å². The highest BCUT2D eigenvalue weighted by atomic mass is 32.2. The Kier molecular flexibility index (Phi) is 4.68.